The molecule has 0 saturated heterocycles. The zero-order chi connectivity index (χ0) is 15.6. The molecule has 4 rings (SSSR count). The van der Waals surface area contributed by atoms with E-state index in [4.69, 9.17) is 16.8 Å². The van der Waals surface area contributed by atoms with E-state index in [-0.39, 0.29) is 0 Å². The number of halogens is 1. The van der Waals surface area contributed by atoms with Crippen LogP contribution < -0.4 is 9.95 Å². The second-order valence-corrected chi connectivity index (χ2v) is 5.59. The van der Waals surface area contributed by atoms with E-state index >= 15 is 0 Å². The van der Waals surface area contributed by atoms with E-state index in [1.165, 1.54) is 4.53 Å². The van der Waals surface area contributed by atoms with E-state index in [0.29, 0.717) is 0 Å². The predicted molar refractivity (Wildman–Crippen MR) is 97.6 cm³/mol. The first-order valence-corrected chi connectivity index (χ1v) is 7.72. The maximum Gasteiger partial charge on any atom is 0.154 e. The summed E-state index contributed by atoms with van der Waals surface area (Å²) in [7, 11) is 0. The van der Waals surface area contributed by atoms with E-state index in [2.05, 4.69) is 17.6 Å². The van der Waals surface area contributed by atoms with Gasteiger partial charge >= 0.3 is 0 Å². The molecule has 0 amide bonds. The van der Waals surface area contributed by atoms with Gasteiger partial charge in [-0.1, -0.05) is 60.7 Å². The van der Waals surface area contributed by atoms with Gasteiger partial charge in [0.25, 0.3) is 0 Å². The van der Waals surface area contributed by atoms with Crippen molar-refractivity contribution in [2.45, 2.75) is 0 Å². The van der Waals surface area contributed by atoms with Gasteiger partial charge in [0.05, 0.1) is 11.2 Å². The monoisotopic (exact) mass is 319 g/mol. The molecule has 0 fully saturated rings. The van der Waals surface area contributed by atoms with Gasteiger partial charge in [-0.25, -0.2) is 4.98 Å². The molecule has 1 N–H and O–H groups in total. The van der Waals surface area contributed by atoms with Crippen LogP contribution in [-0.2, 0) is 0 Å². The molecule has 0 aliphatic carbocycles. The summed E-state index contributed by atoms with van der Waals surface area (Å²) in [4.78, 5) is 4.73. The number of aromatic nitrogens is 1. The topological polar surface area (TPSA) is 28.2 Å². The maximum atomic E-state index is 6.37. The van der Waals surface area contributed by atoms with Crippen molar-refractivity contribution in [3.63, 3.8) is 0 Å². The average Bonchev–Trinajstić information content (AvgIpc) is 2.62. The zero-order valence-corrected chi connectivity index (χ0v) is 13.0. The van der Waals surface area contributed by atoms with Gasteiger partial charge in [-0.05, 0) is 23.6 Å². The summed E-state index contributed by atoms with van der Waals surface area (Å²) < 4.78 is 1.46. The minimum Gasteiger partial charge on any atom is -0.266 e. The number of pyridine rings is 1. The molecule has 112 valence electrons. The second kappa shape index (κ2) is 5.78. The number of benzene rings is 3. The molecular weight excluding hydrogens is 306 g/mol. The van der Waals surface area contributed by atoms with E-state index in [1.54, 1.807) is 0 Å². The fourth-order valence-corrected chi connectivity index (χ4v) is 2.90. The Bertz CT molecular complexity index is 970. The van der Waals surface area contributed by atoms with Crippen LogP contribution in [0.1, 0.15) is 0 Å². The van der Waals surface area contributed by atoms with Crippen LogP contribution in [0, 0.1) is 0 Å². The number of hydrogen-bond acceptors (Lipinski definition) is 3. The summed E-state index contributed by atoms with van der Waals surface area (Å²) in [5.74, 6) is 0.734. The highest BCUT2D eigenvalue weighted by molar-refractivity contribution is 6.26. The first-order chi connectivity index (χ1) is 11.3. The molecule has 0 saturated carbocycles. The summed E-state index contributed by atoms with van der Waals surface area (Å²) >= 11 is 6.37. The van der Waals surface area contributed by atoms with E-state index < -0.39 is 0 Å². The Hall–Kier alpha value is -2.78. The van der Waals surface area contributed by atoms with Crippen LogP contribution in [0.25, 0.3) is 21.7 Å². The van der Waals surface area contributed by atoms with E-state index in [1.807, 2.05) is 66.7 Å². The van der Waals surface area contributed by atoms with Crippen LogP contribution in [0.3, 0.4) is 0 Å². The standard InChI is InChI=1S/C19H14ClN3/c20-23(14-8-2-1-3-9-14)22-19-17-12-5-4-10-15(17)16-11-6-7-13-18(16)21-19/h1-13H,(H,21,22). The first-order valence-electron chi connectivity index (χ1n) is 7.38. The number of hydrazine groups is 1. The third-order valence-corrected chi connectivity index (χ3v) is 4.08. The van der Waals surface area contributed by atoms with Gasteiger partial charge in [0, 0.05) is 22.5 Å². The highest BCUT2D eigenvalue weighted by Gasteiger charge is 2.10. The number of nitrogens with one attached hydrogen (secondary N) is 1. The number of rotatable bonds is 3. The van der Waals surface area contributed by atoms with Crippen LogP contribution >= 0.6 is 11.8 Å². The summed E-state index contributed by atoms with van der Waals surface area (Å²) in [6.07, 6.45) is 0. The fraction of sp³-hybridized carbons (Fsp3) is 0. The number of nitrogens with zero attached hydrogens (tertiary/aromatic N) is 2. The number of para-hydroxylation sites is 2. The molecule has 4 heteroatoms. The minimum atomic E-state index is 0.734. The van der Waals surface area contributed by atoms with Gasteiger partial charge in [0.1, 0.15) is 0 Å². The predicted octanol–water partition coefficient (Wildman–Crippen LogP) is 5.38. The van der Waals surface area contributed by atoms with Crippen molar-refractivity contribution in [1.82, 2.24) is 4.98 Å². The zero-order valence-electron chi connectivity index (χ0n) is 12.3. The number of hydrogen-bond donors (Lipinski definition) is 1. The average molecular weight is 320 g/mol. The van der Waals surface area contributed by atoms with Crippen molar-refractivity contribution < 1.29 is 0 Å². The molecule has 0 bridgehead atoms. The number of fused-ring (bicyclic) bond motifs is 3. The molecule has 3 aromatic carbocycles. The molecule has 1 heterocycles. The van der Waals surface area contributed by atoms with Crippen LogP contribution in [0.2, 0.25) is 0 Å². The lowest BCUT2D eigenvalue weighted by molar-refractivity contribution is 1.23. The lowest BCUT2D eigenvalue weighted by Gasteiger charge is -2.19. The Morgan fingerprint density at radius 3 is 2.09 bits per heavy atom. The number of anilines is 2. The Morgan fingerprint density at radius 2 is 1.30 bits per heavy atom. The van der Waals surface area contributed by atoms with Gasteiger partial charge in [-0.3, -0.25) is 5.43 Å². The summed E-state index contributed by atoms with van der Waals surface area (Å²) in [5.41, 5.74) is 4.97. The molecule has 0 aliphatic heterocycles. The first kappa shape index (κ1) is 13.9. The van der Waals surface area contributed by atoms with Gasteiger partial charge in [0.15, 0.2) is 5.82 Å². The largest absolute Gasteiger partial charge is 0.266 e. The van der Waals surface area contributed by atoms with Gasteiger partial charge in [-0.15, -0.1) is 0 Å². The molecule has 0 spiro atoms. The Balaban J connectivity index is 1.85. The molecule has 0 unspecified atom stereocenters. The summed E-state index contributed by atoms with van der Waals surface area (Å²) in [6, 6.07) is 26.0. The molecule has 0 aliphatic rings. The lowest BCUT2D eigenvalue weighted by Crippen LogP contribution is -2.19. The summed E-state index contributed by atoms with van der Waals surface area (Å²) in [5, 5.41) is 3.32. The van der Waals surface area contributed by atoms with Gasteiger partial charge in [0.2, 0.25) is 0 Å². The van der Waals surface area contributed by atoms with Crippen molar-refractivity contribution >= 4 is 45.0 Å². The molecule has 1 aromatic heterocycles. The molecule has 0 radical (unpaired) electrons. The smallest absolute Gasteiger partial charge is 0.154 e. The normalized spacial score (nSPS) is 10.8. The molecule has 0 atom stereocenters. The van der Waals surface area contributed by atoms with Crippen molar-refractivity contribution in [2.75, 3.05) is 9.95 Å². The summed E-state index contributed by atoms with van der Waals surface area (Å²) in [6.45, 7) is 0. The van der Waals surface area contributed by atoms with Crippen molar-refractivity contribution in [2.24, 2.45) is 0 Å². The third kappa shape index (κ3) is 2.56. The Labute approximate surface area is 139 Å². The fourth-order valence-electron chi connectivity index (χ4n) is 2.71. The van der Waals surface area contributed by atoms with Crippen LogP contribution in [0.4, 0.5) is 11.5 Å². The second-order valence-electron chi connectivity index (χ2n) is 5.25. The van der Waals surface area contributed by atoms with Crippen LogP contribution in [0.15, 0.2) is 78.9 Å². The quantitative estimate of drug-likeness (QED) is 0.312. The van der Waals surface area contributed by atoms with Crippen molar-refractivity contribution in [3.8, 4) is 0 Å². The molecule has 4 aromatic rings. The van der Waals surface area contributed by atoms with Crippen molar-refractivity contribution in [3.05, 3.63) is 78.9 Å². The molecule has 23 heavy (non-hydrogen) atoms. The van der Waals surface area contributed by atoms with Crippen LogP contribution in [-0.4, -0.2) is 4.98 Å². The highest BCUT2D eigenvalue weighted by Crippen LogP contribution is 2.30. The van der Waals surface area contributed by atoms with Gasteiger partial charge in [-0.2, -0.15) is 4.53 Å². The van der Waals surface area contributed by atoms with Crippen molar-refractivity contribution in [1.29, 1.82) is 0 Å². The molecular formula is C19H14ClN3. The lowest BCUT2D eigenvalue weighted by atomic mass is 10.1. The maximum absolute atomic E-state index is 6.37. The Kier molecular flexibility index (Phi) is 3.48. The highest BCUT2D eigenvalue weighted by atomic mass is 35.5. The molecule has 3 nitrogen and oxygen atoms in total. The minimum absolute atomic E-state index is 0.734. The van der Waals surface area contributed by atoms with Gasteiger partial charge < -0.3 is 0 Å². The van der Waals surface area contributed by atoms with E-state index in [0.717, 1.165) is 33.2 Å². The van der Waals surface area contributed by atoms with E-state index in [9.17, 15) is 0 Å². The van der Waals surface area contributed by atoms with Crippen LogP contribution in [0.5, 0.6) is 0 Å². The third-order valence-electron chi connectivity index (χ3n) is 3.80. The SMILES string of the molecule is ClN(Nc1nc2ccccc2c2ccccc12)c1ccccc1. The Morgan fingerprint density at radius 1 is 0.696 bits per heavy atom.